The lowest BCUT2D eigenvalue weighted by Gasteiger charge is -2.07. The quantitative estimate of drug-likeness (QED) is 0.333. The number of rotatable bonds is 3. The highest BCUT2D eigenvalue weighted by atomic mass is 32.2. The summed E-state index contributed by atoms with van der Waals surface area (Å²) in [5.41, 5.74) is 8.57. The van der Waals surface area contributed by atoms with Gasteiger partial charge in [-0.05, 0) is 36.8 Å². The fraction of sp³-hybridized carbons (Fsp3) is 0.0667. The number of hydrogen-bond acceptors (Lipinski definition) is 5. The molecule has 1 aromatic heterocycles. The minimum atomic E-state index is 0.110. The van der Waals surface area contributed by atoms with E-state index in [1.54, 1.807) is 11.3 Å². The van der Waals surface area contributed by atoms with Crippen LogP contribution in [0.25, 0.3) is 10.2 Å². The van der Waals surface area contributed by atoms with E-state index in [1.807, 2.05) is 43.3 Å². The van der Waals surface area contributed by atoms with Gasteiger partial charge in [0, 0.05) is 10.5 Å². The number of fused-ring (bicyclic) bond motifs is 1. The summed E-state index contributed by atoms with van der Waals surface area (Å²) < 4.78 is 2.09. The zero-order valence-electron chi connectivity index (χ0n) is 11.3. The van der Waals surface area contributed by atoms with Crippen molar-refractivity contribution in [3.05, 3.63) is 53.6 Å². The molecule has 0 aliphatic carbocycles. The average Bonchev–Trinajstić information content (AvgIpc) is 2.89. The predicted octanol–water partition coefficient (Wildman–Crippen LogP) is 3.85. The number of nitrogens with two attached hydrogens (primary N) is 1. The largest absolute Gasteiger partial charge is 0.409 e. The number of amidine groups is 1. The second-order valence-corrected chi connectivity index (χ2v) is 6.85. The number of nitrogens with zero attached hydrogens (tertiary/aromatic N) is 2. The van der Waals surface area contributed by atoms with Gasteiger partial charge in [0.15, 0.2) is 10.2 Å². The molecule has 0 saturated heterocycles. The first kappa shape index (κ1) is 13.9. The smallest absolute Gasteiger partial charge is 0.171 e. The van der Waals surface area contributed by atoms with Crippen LogP contribution in [0.1, 0.15) is 11.1 Å². The Hall–Kier alpha value is -2.05. The maximum atomic E-state index is 8.90. The summed E-state index contributed by atoms with van der Waals surface area (Å²) >= 11 is 3.17. The van der Waals surface area contributed by atoms with Crippen molar-refractivity contribution in [2.75, 3.05) is 0 Å². The van der Waals surface area contributed by atoms with Gasteiger partial charge in [-0.1, -0.05) is 35.1 Å². The number of aryl methyl sites for hydroxylation is 1. The Morgan fingerprint density at radius 2 is 2.10 bits per heavy atom. The third-order valence-corrected chi connectivity index (χ3v) is 5.15. The molecule has 0 aliphatic rings. The SMILES string of the molecule is Cc1ccc(C(N)=NO)c(Sc2nc3ccccc3s2)c1. The molecule has 0 bridgehead atoms. The Morgan fingerprint density at radius 1 is 1.29 bits per heavy atom. The summed E-state index contributed by atoms with van der Waals surface area (Å²) in [6.07, 6.45) is 0. The van der Waals surface area contributed by atoms with Gasteiger partial charge in [0.2, 0.25) is 0 Å². The van der Waals surface area contributed by atoms with Crippen LogP contribution in [-0.4, -0.2) is 16.0 Å². The standard InChI is InChI=1S/C15H13N3OS2/c1-9-6-7-10(14(16)18-19)13(8-9)21-15-17-11-4-2-3-5-12(11)20-15/h2-8,19H,1H3,(H2,16,18). The van der Waals surface area contributed by atoms with Crippen molar-refractivity contribution < 1.29 is 5.21 Å². The van der Waals surface area contributed by atoms with Crippen molar-refractivity contribution in [1.82, 2.24) is 4.98 Å². The second-order valence-electron chi connectivity index (χ2n) is 4.53. The summed E-state index contributed by atoms with van der Waals surface area (Å²) in [7, 11) is 0. The molecule has 2 aromatic carbocycles. The molecule has 0 atom stereocenters. The number of oxime groups is 1. The Labute approximate surface area is 130 Å². The predicted molar refractivity (Wildman–Crippen MR) is 87.4 cm³/mol. The molecule has 0 amide bonds. The van der Waals surface area contributed by atoms with Gasteiger partial charge in [-0.25, -0.2) is 4.98 Å². The number of hydrogen-bond donors (Lipinski definition) is 2. The van der Waals surface area contributed by atoms with Crippen LogP contribution in [0.3, 0.4) is 0 Å². The van der Waals surface area contributed by atoms with Gasteiger partial charge >= 0.3 is 0 Å². The number of benzene rings is 2. The van der Waals surface area contributed by atoms with Crippen molar-refractivity contribution in [1.29, 1.82) is 0 Å². The summed E-state index contributed by atoms with van der Waals surface area (Å²) in [6.45, 7) is 2.01. The van der Waals surface area contributed by atoms with Crippen LogP contribution in [-0.2, 0) is 0 Å². The molecule has 106 valence electrons. The Kier molecular flexibility index (Phi) is 3.81. The molecular formula is C15H13N3OS2. The maximum absolute atomic E-state index is 8.90. The molecular weight excluding hydrogens is 302 g/mol. The highest BCUT2D eigenvalue weighted by molar-refractivity contribution is 8.01. The molecule has 3 aromatic rings. The maximum Gasteiger partial charge on any atom is 0.171 e. The molecule has 0 radical (unpaired) electrons. The zero-order chi connectivity index (χ0) is 14.8. The van der Waals surface area contributed by atoms with E-state index in [2.05, 4.69) is 16.2 Å². The summed E-state index contributed by atoms with van der Waals surface area (Å²) in [4.78, 5) is 5.54. The van der Waals surface area contributed by atoms with Crippen molar-refractivity contribution in [3.63, 3.8) is 0 Å². The zero-order valence-corrected chi connectivity index (χ0v) is 12.9. The van der Waals surface area contributed by atoms with E-state index < -0.39 is 0 Å². The van der Waals surface area contributed by atoms with Gasteiger partial charge in [-0.3, -0.25) is 0 Å². The normalized spacial score (nSPS) is 12.0. The van der Waals surface area contributed by atoms with Crippen molar-refractivity contribution >= 4 is 39.2 Å². The fourth-order valence-corrected chi connectivity index (χ4v) is 4.23. The number of aromatic nitrogens is 1. The molecule has 6 heteroatoms. The third kappa shape index (κ3) is 2.86. The van der Waals surface area contributed by atoms with E-state index in [0.717, 1.165) is 25.0 Å². The number of thiazole rings is 1. The van der Waals surface area contributed by atoms with Crippen LogP contribution in [0, 0.1) is 6.92 Å². The first-order chi connectivity index (χ1) is 10.2. The molecule has 1 heterocycles. The van der Waals surface area contributed by atoms with Gasteiger partial charge in [-0.2, -0.15) is 0 Å². The van der Waals surface area contributed by atoms with Gasteiger partial charge in [0.1, 0.15) is 0 Å². The average molecular weight is 315 g/mol. The third-order valence-electron chi connectivity index (χ3n) is 2.99. The Morgan fingerprint density at radius 3 is 2.86 bits per heavy atom. The van der Waals surface area contributed by atoms with Crippen LogP contribution in [0.2, 0.25) is 0 Å². The van der Waals surface area contributed by atoms with E-state index in [0.29, 0.717) is 5.56 Å². The molecule has 3 N–H and O–H groups in total. The highest BCUT2D eigenvalue weighted by Gasteiger charge is 2.12. The lowest BCUT2D eigenvalue weighted by molar-refractivity contribution is 0.318. The van der Waals surface area contributed by atoms with Crippen LogP contribution in [0.15, 0.2) is 56.9 Å². The van der Waals surface area contributed by atoms with E-state index in [-0.39, 0.29) is 5.84 Å². The van der Waals surface area contributed by atoms with Crippen molar-refractivity contribution in [2.45, 2.75) is 16.2 Å². The van der Waals surface area contributed by atoms with E-state index >= 15 is 0 Å². The van der Waals surface area contributed by atoms with E-state index in [1.165, 1.54) is 11.8 Å². The van der Waals surface area contributed by atoms with Gasteiger partial charge < -0.3 is 10.9 Å². The summed E-state index contributed by atoms with van der Waals surface area (Å²) in [6, 6.07) is 13.8. The monoisotopic (exact) mass is 315 g/mol. The molecule has 0 spiro atoms. The van der Waals surface area contributed by atoms with E-state index in [9.17, 15) is 0 Å². The van der Waals surface area contributed by atoms with Crippen LogP contribution >= 0.6 is 23.1 Å². The molecule has 3 rings (SSSR count). The molecule has 4 nitrogen and oxygen atoms in total. The van der Waals surface area contributed by atoms with Crippen LogP contribution in [0.5, 0.6) is 0 Å². The summed E-state index contributed by atoms with van der Waals surface area (Å²) in [5, 5.41) is 12.0. The first-order valence-electron chi connectivity index (χ1n) is 6.29. The Bertz CT molecular complexity index is 794. The van der Waals surface area contributed by atoms with Gasteiger partial charge in [-0.15, -0.1) is 11.3 Å². The van der Waals surface area contributed by atoms with E-state index in [4.69, 9.17) is 10.9 Å². The Balaban J connectivity index is 2.02. The number of para-hydroxylation sites is 1. The fourth-order valence-electron chi connectivity index (χ4n) is 1.97. The molecule has 0 unspecified atom stereocenters. The first-order valence-corrected chi connectivity index (χ1v) is 7.92. The lowest BCUT2D eigenvalue weighted by Crippen LogP contribution is -2.14. The van der Waals surface area contributed by atoms with Gasteiger partial charge in [0.25, 0.3) is 0 Å². The molecule has 0 saturated carbocycles. The second kappa shape index (κ2) is 5.75. The molecule has 0 fully saturated rings. The topological polar surface area (TPSA) is 71.5 Å². The van der Waals surface area contributed by atoms with Crippen LogP contribution in [0.4, 0.5) is 0 Å². The molecule has 21 heavy (non-hydrogen) atoms. The minimum absolute atomic E-state index is 0.110. The van der Waals surface area contributed by atoms with Crippen molar-refractivity contribution in [2.24, 2.45) is 10.9 Å². The minimum Gasteiger partial charge on any atom is -0.409 e. The van der Waals surface area contributed by atoms with Crippen molar-refractivity contribution in [3.8, 4) is 0 Å². The highest BCUT2D eigenvalue weighted by Crippen LogP contribution is 2.36. The van der Waals surface area contributed by atoms with Gasteiger partial charge in [0.05, 0.1) is 10.2 Å². The summed E-state index contributed by atoms with van der Waals surface area (Å²) in [5.74, 6) is 0.110. The van der Waals surface area contributed by atoms with Crippen LogP contribution < -0.4 is 5.73 Å². The molecule has 0 aliphatic heterocycles. The lowest BCUT2D eigenvalue weighted by atomic mass is 10.1.